The Labute approximate surface area is 87.8 Å². The lowest BCUT2D eigenvalue weighted by Crippen LogP contribution is -2.15. The van der Waals surface area contributed by atoms with Gasteiger partial charge in [0.15, 0.2) is 0 Å². The lowest BCUT2D eigenvalue weighted by atomic mass is 10.3. The third kappa shape index (κ3) is 3.02. The van der Waals surface area contributed by atoms with Crippen LogP contribution in [0.3, 0.4) is 0 Å². The molecule has 1 N–H and O–H groups in total. The van der Waals surface area contributed by atoms with Crippen LogP contribution in [0.2, 0.25) is 0 Å². The maximum atomic E-state index is 9.30. The van der Waals surface area contributed by atoms with Crippen molar-refractivity contribution < 1.29 is 5.11 Å². The van der Waals surface area contributed by atoms with E-state index in [0.717, 1.165) is 5.03 Å². The van der Waals surface area contributed by atoms with Crippen molar-refractivity contribution in [2.75, 3.05) is 0 Å². The van der Waals surface area contributed by atoms with Crippen LogP contribution >= 0.6 is 11.8 Å². The molecule has 1 rings (SSSR count). The number of thioether (sulfide) groups is 1. The highest BCUT2D eigenvalue weighted by Crippen LogP contribution is 2.23. The van der Waals surface area contributed by atoms with Crippen LogP contribution in [0.1, 0.15) is 19.4 Å². The molecule has 0 fully saturated rings. The first-order valence-electron chi connectivity index (χ1n) is 4.34. The van der Waals surface area contributed by atoms with Crippen molar-refractivity contribution in [3.8, 4) is 6.07 Å². The fourth-order valence-corrected chi connectivity index (χ4v) is 1.73. The van der Waals surface area contributed by atoms with Gasteiger partial charge in [-0.1, -0.05) is 6.92 Å². The number of hydrogen-bond donors (Lipinski definition) is 1. The summed E-state index contributed by atoms with van der Waals surface area (Å²) in [4.78, 5) is 4.11. The van der Waals surface area contributed by atoms with E-state index in [0.29, 0.717) is 5.56 Å². The van der Waals surface area contributed by atoms with Crippen LogP contribution in [-0.2, 0) is 0 Å². The van der Waals surface area contributed by atoms with E-state index >= 15 is 0 Å². The Balaban J connectivity index is 2.73. The van der Waals surface area contributed by atoms with Crippen LogP contribution in [-0.4, -0.2) is 21.4 Å². The molecule has 1 aromatic heterocycles. The van der Waals surface area contributed by atoms with Gasteiger partial charge in [0.2, 0.25) is 0 Å². The van der Waals surface area contributed by atoms with Crippen LogP contribution in [0.25, 0.3) is 0 Å². The molecule has 14 heavy (non-hydrogen) atoms. The Kier molecular flexibility index (Phi) is 3.93. The second kappa shape index (κ2) is 4.99. The van der Waals surface area contributed by atoms with Crippen LogP contribution in [0.4, 0.5) is 0 Å². The number of pyridine rings is 1. The lowest BCUT2D eigenvalue weighted by molar-refractivity contribution is 0.196. The summed E-state index contributed by atoms with van der Waals surface area (Å²) >= 11 is 1.47. The van der Waals surface area contributed by atoms with E-state index in [1.54, 1.807) is 25.3 Å². The zero-order valence-electron chi connectivity index (χ0n) is 8.14. The Morgan fingerprint density at radius 3 is 2.86 bits per heavy atom. The van der Waals surface area contributed by atoms with Gasteiger partial charge in [-0.3, -0.25) is 0 Å². The SMILES string of the molecule is CC(O)C(C)Sc1cc(C#N)ccn1. The number of aliphatic hydroxyl groups excluding tert-OH is 1. The minimum absolute atomic E-state index is 0.0800. The van der Waals surface area contributed by atoms with E-state index in [1.807, 2.05) is 6.92 Å². The Morgan fingerprint density at radius 2 is 2.29 bits per heavy atom. The van der Waals surface area contributed by atoms with Gasteiger partial charge in [0.25, 0.3) is 0 Å². The van der Waals surface area contributed by atoms with E-state index < -0.39 is 0 Å². The van der Waals surface area contributed by atoms with Gasteiger partial charge >= 0.3 is 0 Å². The average Bonchev–Trinajstić information content (AvgIpc) is 2.18. The van der Waals surface area contributed by atoms with Crippen molar-refractivity contribution in [2.45, 2.75) is 30.2 Å². The second-order valence-corrected chi connectivity index (χ2v) is 4.46. The molecule has 4 heteroatoms. The van der Waals surface area contributed by atoms with E-state index in [4.69, 9.17) is 5.26 Å². The fraction of sp³-hybridized carbons (Fsp3) is 0.400. The third-order valence-corrected chi connectivity index (χ3v) is 3.08. The molecule has 1 aromatic rings. The molecule has 2 atom stereocenters. The first-order valence-corrected chi connectivity index (χ1v) is 5.22. The number of nitriles is 1. The van der Waals surface area contributed by atoms with Gasteiger partial charge in [0, 0.05) is 11.4 Å². The van der Waals surface area contributed by atoms with Crippen molar-refractivity contribution in [1.29, 1.82) is 5.26 Å². The minimum atomic E-state index is -0.382. The maximum Gasteiger partial charge on any atom is 0.0993 e. The molecule has 0 saturated heterocycles. The summed E-state index contributed by atoms with van der Waals surface area (Å²) in [6, 6.07) is 5.44. The minimum Gasteiger partial charge on any atom is -0.392 e. The van der Waals surface area contributed by atoms with Gasteiger partial charge in [-0.25, -0.2) is 4.98 Å². The largest absolute Gasteiger partial charge is 0.392 e. The predicted molar refractivity (Wildman–Crippen MR) is 56.0 cm³/mol. The molecule has 0 aliphatic heterocycles. The van der Waals surface area contributed by atoms with Crippen molar-refractivity contribution in [3.05, 3.63) is 23.9 Å². The molecule has 0 aliphatic rings. The third-order valence-electron chi connectivity index (χ3n) is 1.85. The van der Waals surface area contributed by atoms with E-state index in [2.05, 4.69) is 11.1 Å². The van der Waals surface area contributed by atoms with Crippen LogP contribution in [0.5, 0.6) is 0 Å². The summed E-state index contributed by atoms with van der Waals surface area (Å²) in [6.07, 6.45) is 1.22. The first-order chi connectivity index (χ1) is 6.63. The highest BCUT2D eigenvalue weighted by molar-refractivity contribution is 7.99. The van der Waals surface area contributed by atoms with Gasteiger partial charge in [-0.2, -0.15) is 5.26 Å². The predicted octanol–water partition coefficient (Wildman–Crippen LogP) is 1.81. The number of hydrogen-bond acceptors (Lipinski definition) is 4. The van der Waals surface area contributed by atoms with E-state index in [-0.39, 0.29) is 11.4 Å². The smallest absolute Gasteiger partial charge is 0.0993 e. The Bertz CT molecular complexity index is 346. The molecular formula is C10H12N2OS. The van der Waals surface area contributed by atoms with Crippen molar-refractivity contribution in [2.24, 2.45) is 0 Å². The molecule has 0 amide bonds. The fourth-order valence-electron chi connectivity index (χ4n) is 0.832. The van der Waals surface area contributed by atoms with Crippen LogP contribution in [0, 0.1) is 11.3 Å². The summed E-state index contributed by atoms with van der Waals surface area (Å²) < 4.78 is 0. The van der Waals surface area contributed by atoms with Crippen LogP contribution in [0.15, 0.2) is 23.4 Å². The molecular weight excluding hydrogens is 196 g/mol. The Hall–Kier alpha value is -1.05. The van der Waals surface area contributed by atoms with Crippen LogP contribution < -0.4 is 0 Å². The monoisotopic (exact) mass is 208 g/mol. The first kappa shape index (κ1) is 11.0. The molecule has 0 aliphatic carbocycles. The van der Waals surface area contributed by atoms with Crippen molar-refractivity contribution in [1.82, 2.24) is 4.98 Å². The van der Waals surface area contributed by atoms with Gasteiger partial charge in [0.05, 0.1) is 22.8 Å². The Morgan fingerprint density at radius 1 is 1.57 bits per heavy atom. The van der Waals surface area contributed by atoms with Gasteiger partial charge in [-0.15, -0.1) is 11.8 Å². The summed E-state index contributed by atoms with van der Waals surface area (Å²) in [5.41, 5.74) is 0.597. The molecule has 0 radical (unpaired) electrons. The molecule has 2 unspecified atom stereocenters. The summed E-state index contributed by atoms with van der Waals surface area (Å²) in [5.74, 6) is 0. The lowest BCUT2D eigenvalue weighted by Gasteiger charge is -2.12. The van der Waals surface area contributed by atoms with Crippen molar-refractivity contribution >= 4 is 11.8 Å². The standard InChI is InChI=1S/C10H12N2OS/c1-7(13)8(2)14-10-5-9(6-11)3-4-12-10/h3-5,7-8,13H,1-2H3. The number of aromatic nitrogens is 1. The molecule has 0 aromatic carbocycles. The molecule has 1 heterocycles. The quantitative estimate of drug-likeness (QED) is 0.770. The molecule has 3 nitrogen and oxygen atoms in total. The molecule has 74 valence electrons. The maximum absolute atomic E-state index is 9.30. The zero-order valence-corrected chi connectivity index (χ0v) is 8.95. The zero-order chi connectivity index (χ0) is 10.6. The summed E-state index contributed by atoms with van der Waals surface area (Å²) in [6.45, 7) is 3.67. The highest BCUT2D eigenvalue weighted by atomic mass is 32.2. The molecule has 0 spiro atoms. The normalized spacial score (nSPS) is 14.4. The van der Waals surface area contributed by atoms with Gasteiger partial charge < -0.3 is 5.11 Å². The molecule has 0 bridgehead atoms. The average molecular weight is 208 g/mol. The topological polar surface area (TPSA) is 56.9 Å². The second-order valence-electron chi connectivity index (χ2n) is 3.06. The number of rotatable bonds is 3. The highest BCUT2D eigenvalue weighted by Gasteiger charge is 2.11. The molecule has 0 saturated carbocycles. The van der Waals surface area contributed by atoms with Gasteiger partial charge in [0.1, 0.15) is 0 Å². The summed E-state index contributed by atoms with van der Waals surface area (Å²) in [5, 5.41) is 18.8. The van der Waals surface area contributed by atoms with E-state index in [1.165, 1.54) is 11.8 Å². The van der Waals surface area contributed by atoms with Crippen molar-refractivity contribution in [3.63, 3.8) is 0 Å². The van der Waals surface area contributed by atoms with E-state index in [9.17, 15) is 5.11 Å². The summed E-state index contributed by atoms with van der Waals surface area (Å²) in [7, 11) is 0. The van der Waals surface area contributed by atoms with Gasteiger partial charge in [-0.05, 0) is 19.1 Å². The number of nitrogens with zero attached hydrogens (tertiary/aromatic N) is 2. The number of aliphatic hydroxyl groups is 1.